The molecule has 0 unspecified atom stereocenters. The van der Waals surface area contributed by atoms with Crippen LogP contribution in [0.4, 0.5) is 5.82 Å². The number of fused-ring (bicyclic) bond motifs is 1. The van der Waals surface area contributed by atoms with E-state index in [1.165, 1.54) is 16.7 Å². The van der Waals surface area contributed by atoms with Gasteiger partial charge in [-0.25, -0.2) is 4.98 Å². The van der Waals surface area contributed by atoms with E-state index in [0.717, 1.165) is 48.5 Å². The van der Waals surface area contributed by atoms with E-state index in [-0.39, 0.29) is 0 Å². The van der Waals surface area contributed by atoms with Crippen molar-refractivity contribution >= 4 is 28.3 Å². The van der Waals surface area contributed by atoms with Gasteiger partial charge < -0.3 is 16.0 Å². The number of halogens is 1. The van der Waals surface area contributed by atoms with E-state index >= 15 is 0 Å². The van der Waals surface area contributed by atoms with Gasteiger partial charge in [0, 0.05) is 38.1 Å². The second kappa shape index (κ2) is 7.23. The normalized spacial score (nSPS) is 14.8. The molecule has 0 radical (unpaired) electrons. The molecule has 5 heteroatoms. The van der Waals surface area contributed by atoms with E-state index in [1.54, 1.807) is 0 Å². The average molecular weight is 367 g/mol. The molecular formula is C21H23ClN4. The highest BCUT2D eigenvalue weighted by Gasteiger charge is 2.16. The summed E-state index contributed by atoms with van der Waals surface area (Å²) in [7, 11) is 0. The summed E-state index contributed by atoms with van der Waals surface area (Å²) in [4.78, 5) is 7.08. The minimum Gasteiger partial charge on any atom is -0.353 e. The van der Waals surface area contributed by atoms with Crippen LogP contribution in [0.5, 0.6) is 0 Å². The van der Waals surface area contributed by atoms with Crippen LogP contribution >= 0.6 is 11.6 Å². The van der Waals surface area contributed by atoms with Crippen LogP contribution in [0.1, 0.15) is 11.1 Å². The number of hydrogen-bond donors (Lipinski definition) is 2. The summed E-state index contributed by atoms with van der Waals surface area (Å²) in [6.07, 6.45) is 0. The molecule has 0 saturated carbocycles. The van der Waals surface area contributed by atoms with Gasteiger partial charge in [0.05, 0.1) is 10.5 Å². The Kier molecular flexibility index (Phi) is 4.81. The summed E-state index contributed by atoms with van der Waals surface area (Å²) >= 11 is 6.56. The third-order valence-electron chi connectivity index (χ3n) is 5.07. The van der Waals surface area contributed by atoms with Crippen molar-refractivity contribution < 1.29 is 0 Å². The van der Waals surface area contributed by atoms with E-state index in [4.69, 9.17) is 22.3 Å². The van der Waals surface area contributed by atoms with Gasteiger partial charge >= 0.3 is 0 Å². The first-order chi connectivity index (χ1) is 12.7. The molecule has 1 aliphatic rings. The van der Waals surface area contributed by atoms with E-state index in [1.807, 2.05) is 6.07 Å². The van der Waals surface area contributed by atoms with Crippen LogP contribution in [0, 0.1) is 6.92 Å². The lowest BCUT2D eigenvalue weighted by molar-refractivity contribution is 0.585. The Balaban J connectivity index is 1.74. The predicted molar refractivity (Wildman–Crippen MR) is 110 cm³/mol. The molecule has 134 valence electrons. The van der Waals surface area contributed by atoms with Crippen LogP contribution in [-0.4, -0.2) is 31.2 Å². The number of nitrogens with one attached hydrogen (secondary N) is 1. The Morgan fingerprint density at radius 2 is 1.81 bits per heavy atom. The number of nitrogens with two attached hydrogens (primary N) is 1. The number of aryl methyl sites for hydroxylation is 1. The molecule has 3 N–H and O–H groups in total. The number of piperazine rings is 1. The van der Waals surface area contributed by atoms with Crippen molar-refractivity contribution in [3.63, 3.8) is 0 Å². The Morgan fingerprint density at radius 1 is 1.08 bits per heavy atom. The monoisotopic (exact) mass is 366 g/mol. The summed E-state index contributed by atoms with van der Waals surface area (Å²) in [5.41, 5.74) is 11.5. The fraction of sp³-hybridized carbons (Fsp3) is 0.286. The fourth-order valence-corrected chi connectivity index (χ4v) is 3.77. The maximum atomic E-state index is 6.56. The molecule has 4 rings (SSSR count). The molecule has 1 aromatic heterocycles. The van der Waals surface area contributed by atoms with Gasteiger partial charge in [-0.2, -0.15) is 0 Å². The number of pyridine rings is 1. The second-order valence-electron chi connectivity index (χ2n) is 6.78. The van der Waals surface area contributed by atoms with Crippen molar-refractivity contribution in [2.75, 3.05) is 31.1 Å². The van der Waals surface area contributed by atoms with Crippen LogP contribution < -0.4 is 16.0 Å². The third kappa shape index (κ3) is 3.28. The van der Waals surface area contributed by atoms with Gasteiger partial charge in [0.1, 0.15) is 5.82 Å². The van der Waals surface area contributed by atoms with Crippen molar-refractivity contribution in [2.45, 2.75) is 13.5 Å². The Hall–Kier alpha value is -2.14. The van der Waals surface area contributed by atoms with Crippen LogP contribution in [0.2, 0.25) is 5.02 Å². The quantitative estimate of drug-likeness (QED) is 0.741. The lowest BCUT2D eigenvalue weighted by Crippen LogP contribution is -2.44. The summed E-state index contributed by atoms with van der Waals surface area (Å²) < 4.78 is 0. The van der Waals surface area contributed by atoms with E-state index in [2.05, 4.69) is 53.5 Å². The minimum absolute atomic E-state index is 0.550. The second-order valence-corrected chi connectivity index (χ2v) is 7.19. The smallest absolute Gasteiger partial charge is 0.148 e. The Morgan fingerprint density at radius 3 is 2.58 bits per heavy atom. The van der Waals surface area contributed by atoms with Crippen molar-refractivity contribution in [1.29, 1.82) is 0 Å². The molecule has 0 amide bonds. The van der Waals surface area contributed by atoms with Crippen LogP contribution in [-0.2, 0) is 6.54 Å². The molecule has 3 aromatic rings. The molecule has 0 aliphatic carbocycles. The number of rotatable bonds is 3. The van der Waals surface area contributed by atoms with E-state index < -0.39 is 0 Å². The topological polar surface area (TPSA) is 54.2 Å². The standard InChI is InChI=1S/C21H23ClN4/c1-14-2-3-15(11-18(14)13-23)16-4-5-20-17(10-16)12-19(22)21(25-20)26-8-6-24-7-9-26/h2-5,10-12,24H,6-9,13,23H2,1H3. The zero-order valence-electron chi connectivity index (χ0n) is 14.9. The Bertz CT molecular complexity index is 948. The summed E-state index contributed by atoms with van der Waals surface area (Å²) in [6, 6.07) is 14.8. The lowest BCUT2D eigenvalue weighted by atomic mass is 9.98. The maximum Gasteiger partial charge on any atom is 0.148 e. The van der Waals surface area contributed by atoms with Crippen LogP contribution in [0.15, 0.2) is 42.5 Å². The molecule has 0 bridgehead atoms. The highest BCUT2D eigenvalue weighted by atomic mass is 35.5. The average Bonchev–Trinajstić information content (AvgIpc) is 2.68. The zero-order valence-corrected chi connectivity index (χ0v) is 15.7. The van der Waals surface area contributed by atoms with E-state index in [0.29, 0.717) is 11.6 Å². The van der Waals surface area contributed by atoms with Crippen LogP contribution in [0.3, 0.4) is 0 Å². The lowest BCUT2D eigenvalue weighted by Gasteiger charge is -2.29. The fourth-order valence-electron chi connectivity index (χ4n) is 3.49. The molecule has 1 saturated heterocycles. The zero-order chi connectivity index (χ0) is 18.1. The molecular weight excluding hydrogens is 344 g/mol. The van der Waals surface area contributed by atoms with Gasteiger partial charge in [-0.3, -0.25) is 0 Å². The van der Waals surface area contributed by atoms with Gasteiger partial charge in [0.2, 0.25) is 0 Å². The van der Waals surface area contributed by atoms with Gasteiger partial charge in [0.25, 0.3) is 0 Å². The molecule has 4 nitrogen and oxygen atoms in total. The molecule has 1 fully saturated rings. The summed E-state index contributed by atoms with van der Waals surface area (Å²) in [5, 5.41) is 5.13. The first-order valence-electron chi connectivity index (χ1n) is 9.01. The minimum atomic E-state index is 0.550. The molecule has 1 aliphatic heterocycles. The van der Waals surface area contributed by atoms with Crippen molar-refractivity contribution in [2.24, 2.45) is 5.73 Å². The van der Waals surface area contributed by atoms with Crippen molar-refractivity contribution in [1.82, 2.24) is 10.3 Å². The van der Waals surface area contributed by atoms with Crippen molar-refractivity contribution in [3.8, 4) is 11.1 Å². The van der Waals surface area contributed by atoms with Gasteiger partial charge in [-0.1, -0.05) is 29.8 Å². The molecule has 0 atom stereocenters. The Labute approximate surface area is 159 Å². The third-order valence-corrected chi connectivity index (χ3v) is 5.35. The maximum absolute atomic E-state index is 6.56. The number of hydrogen-bond acceptors (Lipinski definition) is 4. The highest BCUT2D eigenvalue weighted by molar-refractivity contribution is 6.33. The summed E-state index contributed by atoms with van der Waals surface area (Å²) in [6.45, 7) is 6.43. The number of anilines is 1. The van der Waals surface area contributed by atoms with Gasteiger partial charge in [0.15, 0.2) is 0 Å². The highest BCUT2D eigenvalue weighted by Crippen LogP contribution is 2.31. The molecule has 0 spiro atoms. The summed E-state index contributed by atoms with van der Waals surface area (Å²) in [5.74, 6) is 0.883. The predicted octanol–water partition coefficient (Wildman–Crippen LogP) is 3.73. The van der Waals surface area contributed by atoms with Crippen molar-refractivity contribution in [3.05, 3.63) is 58.6 Å². The molecule has 2 heterocycles. The van der Waals surface area contributed by atoms with Crippen LogP contribution in [0.25, 0.3) is 22.0 Å². The first-order valence-corrected chi connectivity index (χ1v) is 9.39. The SMILES string of the molecule is Cc1ccc(-c2ccc3nc(N4CCNCC4)c(Cl)cc3c2)cc1CN. The van der Waals surface area contributed by atoms with Gasteiger partial charge in [-0.15, -0.1) is 0 Å². The number of nitrogens with zero attached hydrogens (tertiary/aromatic N) is 2. The molecule has 2 aromatic carbocycles. The number of benzene rings is 2. The largest absolute Gasteiger partial charge is 0.353 e. The first kappa shape index (κ1) is 17.3. The number of aromatic nitrogens is 1. The van der Waals surface area contributed by atoms with E-state index in [9.17, 15) is 0 Å². The van der Waals surface area contributed by atoms with Gasteiger partial charge in [-0.05, 0) is 53.4 Å². The molecule has 26 heavy (non-hydrogen) atoms.